The number of hydrogen-bond donors (Lipinski definition) is 1. The van der Waals surface area contributed by atoms with Crippen molar-refractivity contribution in [2.24, 2.45) is 5.92 Å². The van der Waals surface area contributed by atoms with Gasteiger partial charge in [0.25, 0.3) is 5.91 Å². The molecule has 4 heteroatoms. The average molecular weight is 258 g/mol. The lowest BCUT2D eigenvalue weighted by Crippen LogP contribution is -2.48. The van der Waals surface area contributed by atoms with Gasteiger partial charge in [-0.1, -0.05) is 32.0 Å². The zero-order valence-corrected chi connectivity index (χ0v) is 11.4. The van der Waals surface area contributed by atoms with E-state index in [1.54, 1.807) is 4.90 Å². The average Bonchev–Trinajstić information content (AvgIpc) is 2.76. The molecular formula is C15H18N2O2. The SMILES string of the molecule is CC(C)CC1(C)C(=O)NC2c3ccccc3C(=O)N21. The summed E-state index contributed by atoms with van der Waals surface area (Å²) in [5.41, 5.74) is 0.880. The van der Waals surface area contributed by atoms with Crippen molar-refractivity contribution in [1.29, 1.82) is 0 Å². The normalized spacial score (nSPS) is 28.6. The molecule has 1 saturated heterocycles. The van der Waals surface area contributed by atoms with E-state index in [1.165, 1.54) is 0 Å². The third-order valence-electron chi connectivity index (χ3n) is 4.06. The summed E-state index contributed by atoms with van der Waals surface area (Å²) < 4.78 is 0. The summed E-state index contributed by atoms with van der Waals surface area (Å²) in [6.07, 6.45) is 0.384. The molecule has 0 aliphatic carbocycles. The molecule has 1 N–H and O–H groups in total. The Bertz CT molecular complexity index is 567. The Hall–Kier alpha value is -1.84. The lowest BCUT2D eigenvalue weighted by Gasteiger charge is -2.32. The van der Waals surface area contributed by atoms with E-state index < -0.39 is 5.54 Å². The first-order valence-corrected chi connectivity index (χ1v) is 6.68. The van der Waals surface area contributed by atoms with E-state index in [4.69, 9.17) is 0 Å². The van der Waals surface area contributed by atoms with Crippen molar-refractivity contribution < 1.29 is 9.59 Å². The topological polar surface area (TPSA) is 49.4 Å². The summed E-state index contributed by atoms with van der Waals surface area (Å²) in [4.78, 5) is 26.6. The maximum absolute atomic E-state index is 12.6. The van der Waals surface area contributed by atoms with E-state index in [2.05, 4.69) is 19.2 Å². The molecule has 2 aliphatic heterocycles. The van der Waals surface area contributed by atoms with Gasteiger partial charge in [-0.15, -0.1) is 0 Å². The highest BCUT2D eigenvalue weighted by Gasteiger charge is 2.56. The van der Waals surface area contributed by atoms with E-state index in [9.17, 15) is 9.59 Å². The van der Waals surface area contributed by atoms with E-state index in [-0.39, 0.29) is 18.0 Å². The molecule has 1 aromatic carbocycles. The van der Waals surface area contributed by atoms with Gasteiger partial charge in [-0.3, -0.25) is 14.5 Å². The fraction of sp³-hybridized carbons (Fsp3) is 0.467. The van der Waals surface area contributed by atoms with Gasteiger partial charge in [0.15, 0.2) is 0 Å². The van der Waals surface area contributed by atoms with Crippen LogP contribution in [0.25, 0.3) is 0 Å². The van der Waals surface area contributed by atoms with Crippen molar-refractivity contribution >= 4 is 11.8 Å². The lowest BCUT2D eigenvalue weighted by molar-refractivity contribution is -0.126. The van der Waals surface area contributed by atoms with Crippen LogP contribution in [0.4, 0.5) is 0 Å². The molecule has 2 aliphatic rings. The van der Waals surface area contributed by atoms with Crippen LogP contribution in [0, 0.1) is 5.92 Å². The van der Waals surface area contributed by atoms with Crippen LogP contribution >= 0.6 is 0 Å². The maximum Gasteiger partial charge on any atom is 0.257 e. The summed E-state index contributed by atoms with van der Waals surface area (Å²) >= 11 is 0. The van der Waals surface area contributed by atoms with Gasteiger partial charge >= 0.3 is 0 Å². The highest BCUT2D eigenvalue weighted by atomic mass is 16.2. The second-order valence-corrected chi connectivity index (χ2v) is 6.01. The van der Waals surface area contributed by atoms with Crippen LogP contribution < -0.4 is 5.32 Å². The summed E-state index contributed by atoms with van der Waals surface area (Å²) in [5.74, 6) is 0.266. The Morgan fingerprint density at radius 3 is 2.68 bits per heavy atom. The zero-order valence-electron chi connectivity index (χ0n) is 11.4. The molecule has 0 aromatic heterocycles. The molecule has 19 heavy (non-hydrogen) atoms. The summed E-state index contributed by atoms with van der Waals surface area (Å²) in [6.45, 7) is 6.01. The number of hydrogen-bond acceptors (Lipinski definition) is 2. The Kier molecular flexibility index (Phi) is 2.46. The number of nitrogens with zero attached hydrogens (tertiary/aromatic N) is 1. The molecule has 1 aromatic rings. The van der Waals surface area contributed by atoms with Crippen LogP contribution in [0.3, 0.4) is 0 Å². The van der Waals surface area contributed by atoms with Gasteiger partial charge in [0.05, 0.1) is 0 Å². The molecule has 2 unspecified atom stereocenters. The van der Waals surface area contributed by atoms with Gasteiger partial charge in [0.1, 0.15) is 11.7 Å². The Labute approximate surface area is 112 Å². The van der Waals surface area contributed by atoms with Crippen molar-refractivity contribution in [2.45, 2.75) is 38.9 Å². The Morgan fingerprint density at radius 1 is 1.32 bits per heavy atom. The van der Waals surface area contributed by atoms with E-state index in [0.717, 1.165) is 5.56 Å². The predicted octanol–water partition coefficient (Wildman–Crippen LogP) is 2.08. The van der Waals surface area contributed by atoms with Gasteiger partial charge in [0, 0.05) is 11.1 Å². The maximum atomic E-state index is 12.6. The monoisotopic (exact) mass is 258 g/mol. The van der Waals surface area contributed by atoms with Crippen LogP contribution in [-0.4, -0.2) is 22.3 Å². The van der Waals surface area contributed by atoms with Crippen LogP contribution in [0.1, 0.15) is 49.3 Å². The van der Waals surface area contributed by atoms with Crippen LogP contribution in [0.15, 0.2) is 24.3 Å². The van der Waals surface area contributed by atoms with Gasteiger partial charge in [-0.05, 0) is 25.3 Å². The number of carbonyl (C=O) groups is 2. The number of nitrogens with one attached hydrogen (secondary N) is 1. The molecule has 3 rings (SSSR count). The van der Waals surface area contributed by atoms with Crippen molar-refractivity contribution in [3.63, 3.8) is 0 Å². The quantitative estimate of drug-likeness (QED) is 0.883. The summed E-state index contributed by atoms with van der Waals surface area (Å²) in [6, 6.07) is 7.51. The summed E-state index contributed by atoms with van der Waals surface area (Å²) in [7, 11) is 0. The van der Waals surface area contributed by atoms with Crippen molar-refractivity contribution in [3.05, 3.63) is 35.4 Å². The molecule has 2 amide bonds. The molecule has 100 valence electrons. The van der Waals surface area contributed by atoms with Crippen LogP contribution in [-0.2, 0) is 4.79 Å². The molecule has 1 fully saturated rings. The first-order valence-electron chi connectivity index (χ1n) is 6.68. The van der Waals surface area contributed by atoms with E-state index >= 15 is 0 Å². The molecule has 0 radical (unpaired) electrons. The third kappa shape index (κ3) is 1.52. The molecule has 0 bridgehead atoms. The molecule has 4 nitrogen and oxygen atoms in total. The van der Waals surface area contributed by atoms with Gasteiger partial charge in [0.2, 0.25) is 5.91 Å². The second kappa shape index (κ2) is 3.83. The van der Waals surface area contributed by atoms with E-state index in [1.807, 2.05) is 31.2 Å². The molecular weight excluding hydrogens is 240 g/mol. The predicted molar refractivity (Wildman–Crippen MR) is 71.4 cm³/mol. The number of rotatable bonds is 2. The largest absolute Gasteiger partial charge is 0.330 e. The minimum absolute atomic E-state index is 0.0397. The standard InChI is InChI=1S/C15H18N2O2/c1-9(2)8-15(3)14(19)16-12-10-6-4-5-7-11(10)13(18)17(12)15/h4-7,9,12H,8H2,1-3H3,(H,16,19). The van der Waals surface area contributed by atoms with Crippen LogP contribution in [0.5, 0.6) is 0 Å². The Morgan fingerprint density at radius 2 is 2.00 bits per heavy atom. The minimum Gasteiger partial charge on any atom is -0.330 e. The zero-order chi connectivity index (χ0) is 13.8. The molecule has 0 spiro atoms. The first kappa shape index (κ1) is 12.2. The van der Waals surface area contributed by atoms with Crippen molar-refractivity contribution in [2.75, 3.05) is 0 Å². The number of fused-ring (bicyclic) bond motifs is 3. The fourth-order valence-electron chi connectivity index (χ4n) is 3.34. The van der Waals surface area contributed by atoms with Crippen molar-refractivity contribution in [1.82, 2.24) is 10.2 Å². The number of carbonyl (C=O) groups excluding carboxylic acids is 2. The van der Waals surface area contributed by atoms with Gasteiger partial charge < -0.3 is 5.32 Å². The first-order chi connectivity index (χ1) is 8.95. The highest BCUT2D eigenvalue weighted by Crippen LogP contribution is 2.43. The summed E-state index contributed by atoms with van der Waals surface area (Å²) in [5, 5.41) is 2.96. The Balaban J connectivity index is 2.07. The number of amides is 2. The lowest BCUT2D eigenvalue weighted by atomic mass is 9.89. The van der Waals surface area contributed by atoms with E-state index in [0.29, 0.717) is 17.9 Å². The fourth-order valence-corrected chi connectivity index (χ4v) is 3.34. The molecule has 0 saturated carbocycles. The van der Waals surface area contributed by atoms with Gasteiger partial charge in [-0.25, -0.2) is 0 Å². The molecule has 2 atom stereocenters. The van der Waals surface area contributed by atoms with Crippen molar-refractivity contribution in [3.8, 4) is 0 Å². The smallest absolute Gasteiger partial charge is 0.257 e. The van der Waals surface area contributed by atoms with Gasteiger partial charge in [-0.2, -0.15) is 0 Å². The molecule has 2 heterocycles. The third-order valence-corrected chi connectivity index (χ3v) is 4.06. The number of benzene rings is 1. The highest BCUT2D eigenvalue weighted by molar-refractivity contribution is 6.05. The second-order valence-electron chi connectivity index (χ2n) is 6.01. The minimum atomic E-state index is -0.741. The van der Waals surface area contributed by atoms with Crippen LogP contribution in [0.2, 0.25) is 0 Å².